The molecule has 4 nitrogen and oxygen atoms in total. The Bertz CT molecular complexity index is 594. The van der Waals surface area contributed by atoms with Crippen molar-refractivity contribution < 1.29 is 9.53 Å². The predicted molar refractivity (Wildman–Crippen MR) is 88.7 cm³/mol. The van der Waals surface area contributed by atoms with Crippen LogP contribution >= 0.6 is 0 Å². The average Bonchev–Trinajstić information content (AvgIpc) is 2.53. The molecule has 1 atom stereocenters. The number of hydrogen-bond donors (Lipinski definition) is 1. The zero-order valence-corrected chi connectivity index (χ0v) is 13.2. The molecule has 2 aromatic rings. The van der Waals surface area contributed by atoms with Gasteiger partial charge < -0.3 is 15.0 Å². The zero-order chi connectivity index (χ0) is 15.9. The molecule has 22 heavy (non-hydrogen) atoms. The second-order valence-electron chi connectivity index (χ2n) is 5.45. The molecular formula is C18H22N2O2. The number of ether oxygens (including phenoxy) is 1. The number of hydrogen-bond acceptors (Lipinski definition) is 4. The molecule has 1 N–H and O–H groups in total. The highest BCUT2D eigenvalue weighted by molar-refractivity contribution is 5.81. The van der Waals surface area contributed by atoms with Gasteiger partial charge >= 0.3 is 5.97 Å². The molecule has 0 aliphatic heterocycles. The van der Waals surface area contributed by atoms with Gasteiger partial charge in [0.25, 0.3) is 0 Å². The molecule has 1 unspecified atom stereocenters. The van der Waals surface area contributed by atoms with Gasteiger partial charge in [-0.1, -0.05) is 42.5 Å². The van der Waals surface area contributed by atoms with Crippen LogP contribution in [0.5, 0.6) is 0 Å². The summed E-state index contributed by atoms with van der Waals surface area (Å²) >= 11 is 0. The Hall–Kier alpha value is -2.33. The number of carbonyl (C=O) groups is 1. The van der Waals surface area contributed by atoms with Gasteiger partial charge in [-0.05, 0) is 37.4 Å². The lowest BCUT2D eigenvalue weighted by Gasteiger charge is -2.19. The van der Waals surface area contributed by atoms with E-state index in [0.717, 1.165) is 17.8 Å². The normalized spacial score (nSPS) is 12.0. The minimum Gasteiger partial charge on any atom is -0.467 e. The van der Waals surface area contributed by atoms with Crippen LogP contribution in [-0.2, 0) is 16.1 Å². The van der Waals surface area contributed by atoms with Crippen molar-refractivity contribution in [1.82, 2.24) is 4.90 Å². The van der Waals surface area contributed by atoms with Crippen LogP contribution in [0.2, 0.25) is 0 Å². The van der Waals surface area contributed by atoms with Crippen molar-refractivity contribution in [2.24, 2.45) is 0 Å². The van der Waals surface area contributed by atoms with E-state index in [9.17, 15) is 4.79 Å². The molecule has 0 fully saturated rings. The lowest BCUT2D eigenvalue weighted by Crippen LogP contribution is -2.22. The Kier molecular flexibility index (Phi) is 5.55. The molecule has 0 radical (unpaired) electrons. The van der Waals surface area contributed by atoms with E-state index in [0.29, 0.717) is 0 Å². The number of methoxy groups -OCH3 is 1. The molecule has 0 aliphatic carbocycles. The topological polar surface area (TPSA) is 41.6 Å². The number of para-hydroxylation sites is 1. The highest BCUT2D eigenvalue weighted by Crippen LogP contribution is 2.21. The Labute approximate surface area is 131 Å². The number of nitrogens with zero attached hydrogens (tertiary/aromatic N) is 1. The molecule has 2 aromatic carbocycles. The van der Waals surface area contributed by atoms with Crippen molar-refractivity contribution in [3.63, 3.8) is 0 Å². The van der Waals surface area contributed by atoms with E-state index < -0.39 is 6.04 Å². The summed E-state index contributed by atoms with van der Waals surface area (Å²) in [4.78, 5) is 14.2. The maximum Gasteiger partial charge on any atom is 0.332 e. The number of rotatable bonds is 6. The molecule has 0 bridgehead atoms. The second-order valence-corrected chi connectivity index (χ2v) is 5.45. The summed E-state index contributed by atoms with van der Waals surface area (Å²) in [5.74, 6) is -0.302. The summed E-state index contributed by atoms with van der Waals surface area (Å²) in [6, 6.07) is 17.2. The summed E-state index contributed by atoms with van der Waals surface area (Å²) in [5.41, 5.74) is 2.98. The first-order valence-corrected chi connectivity index (χ1v) is 7.23. The molecule has 2 rings (SSSR count). The lowest BCUT2D eigenvalue weighted by atomic mass is 10.0. The maximum absolute atomic E-state index is 12.1. The van der Waals surface area contributed by atoms with E-state index in [-0.39, 0.29) is 5.97 Å². The van der Waals surface area contributed by atoms with Crippen LogP contribution in [-0.4, -0.2) is 32.1 Å². The molecule has 0 amide bonds. The molecule has 0 heterocycles. The highest BCUT2D eigenvalue weighted by atomic mass is 16.5. The zero-order valence-electron chi connectivity index (χ0n) is 13.2. The number of esters is 1. The Balaban J connectivity index is 2.20. The van der Waals surface area contributed by atoms with Crippen LogP contribution in [0.1, 0.15) is 17.2 Å². The van der Waals surface area contributed by atoms with Gasteiger partial charge in [-0.2, -0.15) is 0 Å². The predicted octanol–water partition coefficient (Wildman–Crippen LogP) is 3.07. The molecule has 0 aromatic heterocycles. The third-order valence-corrected chi connectivity index (χ3v) is 3.33. The molecule has 0 spiro atoms. The van der Waals surface area contributed by atoms with E-state index in [1.54, 1.807) is 0 Å². The van der Waals surface area contributed by atoms with E-state index >= 15 is 0 Å². The minimum atomic E-state index is -0.513. The van der Waals surface area contributed by atoms with Gasteiger partial charge in [0.1, 0.15) is 0 Å². The Morgan fingerprint density at radius 2 is 1.73 bits per heavy atom. The molecule has 0 saturated carbocycles. The van der Waals surface area contributed by atoms with E-state index in [1.807, 2.05) is 68.7 Å². The van der Waals surface area contributed by atoms with E-state index in [4.69, 9.17) is 4.74 Å². The fraction of sp³-hybridized carbons (Fsp3) is 0.278. The van der Waals surface area contributed by atoms with Crippen molar-refractivity contribution in [1.29, 1.82) is 0 Å². The van der Waals surface area contributed by atoms with Gasteiger partial charge in [0.15, 0.2) is 6.04 Å². The van der Waals surface area contributed by atoms with Gasteiger partial charge in [0, 0.05) is 12.2 Å². The van der Waals surface area contributed by atoms with Gasteiger partial charge in [-0.15, -0.1) is 0 Å². The fourth-order valence-corrected chi connectivity index (χ4v) is 2.28. The van der Waals surface area contributed by atoms with Crippen LogP contribution in [0.25, 0.3) is 0 Å². The summed E-state index contributed by atoms with van der Waals surface area (Å²) < 4.78 is 4.92. The summed E-state index contributed by atoms with van der Waals surface area (Å²) in [7, 11) is 5.46. The summed E-state index contributed by atoms with van der Waals surface area (Å²) in [6.07, 6.45) is 0. The maximum atomic E-state index is 12.1. The van der Waals surface area contributed by atoms with Crippen LogP contribution in [0.4, 0.5) is 5.69 Å². The largest absolute Gasteiger partial charge is 0.467 e. The highest BCUT2D eigenvalue weighted by Gasteiger charge is 2.21. The third-order valence-electron chi connectivity index (χ3n) is 3.33. The van der Waals surface area contributed by atoms with E-state index in [1.165, 1.54) is 12.7 Å². The second kappa shape index (κ2) is 7.61. The first-order valence-electron chi connectivity index (χ1n) is 7.23. The van der Waals surface area contributed by atoms with Crippen molar-refractivity contribution in [2.75, 3.05) is 26.5 Å². The molecular weight excluding hydrogens is 276 g/mol. The smallest absolute Gasteiger partial charge is 0.332 e. The summed E-state index contributed by atoms with van der Waals surface area (Å²) in [5, 5.41) is 3.22. The van der Waals surface area contributed by atoms with Gasteiger partial charge in [0.05, 0.1) is 7.11 Å². The Morgan fingerprint density at radius 1 is 1.09 bits per heavy atom. The van der Waals surface area contributed by atoms with Gasteiger partial charge in [-0.3, -0.25) is 0 Å². The van der Waals surface area contributed by atoms with Crippen molar-refractivity contribution in [3.8, 4) is 0 Å². The SMILES string of the molecule is COC(=O)C(Nc1ccccc1)c1ccc(CN(C)C)cc1. The van der Waals surface area contributed by atoms with E-state index in [2.05, 4.69) is 10.2 Å². The first kappa shape index (κ1) is 16.0. The number of carbonyl (C=O) groups excluding carboxylic acids is 1. The van der Waals surface area contributed by atoms with Crippen LogP contribution in [0.15, 0.2) is 54.6 Å². The molecule has 4 heteroatoms. The summed E-state index contributed by atoms with van der Waals surface area (Å²) in [6.45, 7) is 0.870. The minimum absolute atomic E-state index is 0.302. The molecule has 0 saturated heterocycles. The number of benzene rings is 2. The monoisotopic (exact) mass is 298 g/mol. The van der Waals surface area contributed by atoms with Crippen LogP contribution < -0.4 is 5.32 Å². The van der Waals surface area contributed by atoms with Crippen molar-refractivity contribution >= 4 is 11.7 Å². The lowest BCUT2D eigenvalue weighted by molar-refractivity contribution is -0.141. The van der Waals surface area contributed by atoms with Crippen molar-refractivity contribution in [2.45, 2.75) is 12.6 Å². The van der Waals surface area contributed by atoms with Crippen molar-refractivity contribution in [3.05, 3.63) is 65.7 Å². The van der Waals surface area contributed by atoms with Crippen LogP contribution in [0.3, 0.4) is 0 Å². The standard InChI is InChI=1S/C18H22N2O2/c1-20(2)13-14-9-11-15(12-10-14)17(18(21)22-3)19-16-7-5-4-6-8-16/h4-12,17,19H,13H2,1-3H3. The molecule has 0 aliphatic rings. The first-order chi connectivity index (χ1) is 10.6. The number of anilines is 1. The fourth-order valence-electron chi connectivity index (χ4n) is 2.28. The quantitative estimate of drug-likeness (QED) is 0.832. The van der Waals surface area contributed by atoms with Gasteiger partial charge in [0.2, 0.25) is 0 Å². The van der Waals surface area contributed by atoms with Crippen LogP contribution in [0, 0.1) is 0 Å². The number of nitrogens with one attached hydrogen (secondary N) is 1. The Morgan fingerprint density at radius 3 is 2.27 bits per heavy atom. The molecule has 116 valence electrons. The third kappa shape index (κ3) is 4.33. The average molecular weight is 298 g/mol. The van der Waals surface area contributed by atoms with Gasteiger partial charge in [-0.25, -0.2) is 4.79 Å².